The van der Waals surface area contributed by atoms with Crippen LogP contribution in [0.3, 0.4) is 0 Å². The summed E-state index contributed by atoms with van der Waals surface area (Å²) in [6, 6.07) is 23.5. The first-order chi connectivity index (χ1) is 21.4. The number of aliphatic hydroxyl groups is 1. The van der Waals surface area contributed by atoms with E-state index in [0.717, 1.165) is 41.3 Å². The summed E-state index contributed by atoms with van der Waals surface area (Å²) in [5, 5.41) is 19.6. The van der Waals surface area contributed by atoms with E-state index in [2.05, 4.69) is 16.7 Å². The number of ether oxygens (including phenoxy) is 4. The summed E-state index contributed by atoms with van der Waals surface area (Å²) in [6.45, 7) is 1.19. The first-order valence-corrected chi connectivity index (χ1v) is 14.8. The lowest BCUT2D eigenvalue weighted by atomic mass is 9.88. The fraction of sp³-hybridized carbons (Fsp3) is 0.371. The number of hydrogen-bond donors (Lipinski definition) is 2. The van der Waals surface area contributed by atoms with Crippen molar-refractivity contribution in [3.05, 3.63) is 108 Å². The van der Waals surface area contributed by atoms with E-state index < -0.39 is 18.5 Å². The molecule has 1 aromatic heterocycles. The minimum absolute atomic E-state index is 0.146. The van der Waals surface area contributed by atoms with Gasteiger partial charge in [-0.15, -0.1) is 0 Å². The molecule has 2 N–H and O–H groups in total. The van der Waals surface area contributed by atoms with E-state index in [9.17, 15) is 15.0 Å². The maximum Gasteiger partial charge on any atom is 0.308 e. The molecule has 0 spiro atoms. The van der Waals surface area contributed by atoms with Gasteiger partial charge in [0, 0.05) is 30.8 Å². The van der Waals surface area contributed by atoms with E-state index in [0.29, 0.717) is 25.5 Å². The monoisotopic (exact) mass is 602 g/mol. The fourth-order valence-electron chi connectivity index (χ4n) is 5.28. The van der Waals surface area contributed by atoms with E-state index in [1.54, 1.807) is 27.5 Å². The average Bonchev–Trinajstić information content (AvgIpc) is 3.52. The molecule has 4 rings (SSSR count). The Morgan fingerprint density at radius 1 is 0.841 bits per heavy atom. The Morgan fingerprint density at radius 3 is 1.95 bits per heavy atom. The number of aryl methyl sites for hydroxylation is 1. The van der Waals surface area contributed by atoms with Gasteiger partial charge >= 0.3 is 5.97 Å². The number of carboxylic acids is 1. The van der Waals surface area contributed by atoms with Crippen molar-refractivity contribution in [2.45, 2.75) is 38.3 Å². The van der Waals surface area contributed by atoms with Gasteiger partial charge in [-0.1, -0.05) is 36.4 Å². The lowest BCUT2D eigenvalue weighted by Crippen LogP contribution is -2.24. The number of nitrogens with zero attached hydrogens (tertiary/aromatic N) is 2. The minimum Gasteiger partial charge on any atom is -0.497 e. The van der Waals surface area contributed by atoms with Crippen molar-refractivity contribution in [3.63, 3.8) is 0 Å². The van der Waals surface area contributed by atoms with Crippen LogP contribution in [0.2, 0.25) is 0 Å². The molecule has 0 amide bonds. The third kappa shape index (κ3) is 9.08. The van der Waals surface area contributed by atoms with Crippen LogP contribution < -0.4 is 14.2 Å². The Labute approximate surface area is 259 Å². The zero-order valence-electron chi connectivity index (χ0n) is 25.6. The molecule has 0 aliphatic heterocycles. The van der Waals surface area contributed by atoms with Crippen molar-refractivity contribution in [3.8, 4) is 17.2 Å². The van der Waals surface area contributed by atoms with E-state index in [4.69, 9.17) is 23.9 Å². The summed E-state index contributed by atoms with van der Waals surface area (Å²) in [6.07, 6.45) is 5.62. The first-order valence-electron chi connectivity index (χ1n) is 14.8. The molecule has 44 heavy (non-hydrogen) atoms. The highest BCUT2D eigenvalue weighted by molar-refractivity contribution is 5.70. The molecule has 1 heterocycles. The summed E-state index contributed by atoms with van der Waals surface area (Å²) in [4.78, 5) is 16.6. The van der Waals surface area contributed by atoms with E-state index in [-0.39, 0.29) is 18.3 Å². The van der Waals surface area contributed by atoms with Crippen LogP contribution in [0.1, 0.15) is 41.3 Å². The van der Waals surface area contributed by atoms with Crippen molar-refractivity contribution < 1.29 is 34.0 Å². The standard InChI is InChI=1S/C35H42N2O7/c1-41-30-12-6-25(7-13-30)4-5-27(24-44-23-26-8-14-31(42-2)15-9-26)21-37-19-18-36-34(37)33(20-29(22-38)35(39)40)28-10-16-32(43-3)17-11-28/h6-19,27,29,33,38H,4-5,20-24H2,1-3H3,(H,39,40). The van der Waals surface area contributed by atoms with Gasteiger partial charge in [-0.3, -0.25) is 4.79 Å². The molecule has 0 saturated heterocycles. The number of rotatable bonds is 18. The van der Waals surface area contributed by atoms with Crippen LogP contribution in [0.4, 0.5) is 0 Å². The Hall–Kier alpha value is -4.34. The molecule has 0 aliphatic carbocycles. The number of aromatic nitrogens is 2. The van der Waals surface area contributed by atoms with Crippen LogP contribution in [0, 0.1) is 11.8 Å². The molecule has 0 saturated carbocycles. The number of aliphatic carboxylic acids is 1. The molecule has 4 aromatic rings. The second-order valence-electron chi connectivity index (χ2n) is 10.8. The van der Waals surface area contributed by atoms with Crippen molar-refractivity contribution in [1.29, 1.82) is 0 Å². The van der Waals surface area contributed by atoms with Gasteiger partial charge in [-0.2, -0.15) is 0 Å². The molecular formula is C35H42N2O7. The van der Waals surface area contributed by atoms with Gasteiger partial charge in [0.15, 0.2) is 0 Å². The number of carboxylic acid groups (broad SMARTS) is 1. The molecule has 0 fully saturated rings. The van der Waals surface area contributed by atoms with E-state index >= 15 is 0 Å². The highest BCUT2D eigenvalue weighted by atomic mass is 16.5. The van der Waals surface area contributed by atoms with Gasteiger partial charge in [0.25, 0.3) is 0 Å². The smallest absolute Gasteiger partial charge is 0.308 e. The van der Waals surface area contributed by atoms with Crippen LogP contribution in [0.15, 0.2) is 85.2 Å². The van der Waals surface area contributed by atoms with Gasteiger partial charge in [0.1, 0.15) is 23.1 Å². The molecule has 9 nitrogen and oxygen atoms in total. The highest BCUT2D eigenvalue weighted by Crippen LogP contribution is 2.32. The molecule has 9 heteroatoms. The fourth-order valence-corrected chi connectivity index (χ4v) is 5.28. The number of benzene rings is 3. The molecule has 3 aromatic carbocycles. The summed E-state index contributed by atoms with van der Waals surface area (Å²) < 4.78 is 24.2. The second-order valence-corrected chi connectivity index (χ2v) is 10.8. The summed E-state index contributed by atoms with van der Waals surface area (Å²) >= 11 is 0. The lowest BCUT2D eigenvalue weighted by Gasteiger charge is -2.24. The van der Waals surface area contributed by atoms with Gasteiger partial charge in [0.05, 0.1) is 47.1 Å². The Morgan fingerprint density at radius 2 is 1.41 bits per heavy atom. The Kier molecular flexibility index (Phi) is 12.2. The maximum atomic E-state index is 11.9. The summed E-state index contributed by atoms with van der Waals surface area (Å²) in [5.74, 6) is 0.929. The highest BCUT2D eigenvalue weighted by Gasteiger charge is 2.28. The van der Waals surface area contributed by atoms with Crippen molar-refractivity contribution >= 4 is 5.97 Å². The largest absolute Gasteiger partial charge is 0.497 e. The zero-order chi connectivity index (χ0) is 31.3. The van der Waals surface area contributed by atoms with Gasteiger partial charge < -0.3 is 33.7 Å². The molecule has 3 unspecified atom stereocenters. The first kappa shape index (κ1) is 32.6. The van der Waals surface area contributed by atoms with E-state index in [1.807, 2.05) is 66.9 Å². The van der Waals surface area contributed by atoms with Crippen molar-refractivity contribution in [2.75, 3.05) is 34.5 Å². The maximum absolute atomic E-state index is 11.9. The molecule has 0 aliphatic rings. The van der Waals surface area contributed by atoms with Crippen LogP contribution in [0.25, 0.3) is 0 Å². The molecule has 234 valence electrons. The predicted octanol–water partition coefficient (Wildman–Crippen LogP) is 5.59. The zero-order valence-corrected chi connectivity index (χ0v) is 25.6. The number of aliphatic hydroxyl groups excluding tert-OH is 1. The SMILES string of the molecule is COc1ccc(CCC(COCc2ccc(OC)cc2)Cn2ccnc2C(CC(CO)C(=O)O)c2ccc(OC)cc2)cc1. The van der Waals surface area contributed by atoms with Crippen LogP contribution in [0.5, 0.6) is 17.2 Å². The third-order valence-electron chi connectivity index (χ3n) is 7.90. The van der Waals surface area contributed by atoms with Crippen LogP contribution in [-0.4, -0.2) is 60.3 Å². The molecule has 3 atom stereocenters. The summed E-state index contributed by atoms with van der Waals surface area (Å²) in [5.41, 5.74) is 3.18. The van der Waals surface area contributed by atoms with Crippen LogP contribution >= 0.6 is 0 Å². The summed E-state index contributed by atoms with van der Waals surface area (Å²) in [7, 11) is 4.91. The Balaban J connectivity index is 1.55. The lowest BCUT2D eigenvalue weighted by molar-refractivity contribution is -0.143. The van der Waals surface area contributed by atoms with Crippen molar-refractivity contribution in [1.82, 2.24) is 9.55 Å². The normalized spacial score (nSPS) is 13.2. The number of imidazole rings is 1. The number of carbonyl (C=O) groups is 1. The molecule has 0 bridgehead atoms. The number of hydrogen-bond acceptors (Lipinski definition) is 7. The predicted molar refractivity (Wildman–Crippen MR) is 167 cm³/mol. The van der Waals surface area contributed by atoms with E-state index in [1.165, 1.54) is 5.56 Å². The van der Waals surface area contributed by atoms with Gasteiger partial charge in [0.2, 0.25) is 0 Å². The third-order valence-corrected chi connectivity index (χ3v) is 7.90. The van der Waals surface area contributed by atoms with Gasteiger partial charge in [-0.05, 0) is 72.4 Å². The molecular weight excluding hydrogens is 560 g/mol. The van der Waals surface area contributed by atoms with Gasteiger partial charge in [-0.25, -0.2) is 4.98 Å². The topological polar surface area (TPSA) is 112 Å². The molecule has 0 radical (unpaired) electrons. The van der Waals surface area contributed by atoms with Crippen molar-refractivity contribution in [2.24, 2.45) is 11.8 Å². The van der Waals surface area contributed by atoms with Crippen LogP contribution in [-0.2, 0) is 29.1 Å². The number of methoxy groups -OCH3 is 3. The second kappa shape index (κ2) is 16.5. The average molecular weight is 603 g/mol. The Bertz CT molecular complexity index is 1420. The minimum atomic E-state index is -1.03. The quantitative estimate of drug-likeness (QED) is 0.152.